The Labute approximate surface area is 88.9 Å². The Balaban J connectivity index is 2.22. The average molecular weight is 211 g/mol. The summed E-state index contributed by atoms with van der Waals surface area (Å²) in [4.78, 5) is 14.6. The van der Waals surface area contributed by atoms with Crippen molar-refractivity contribution in [2.24, 2.45) is 0 Å². The second kappa shape index (κ2) is 6.16. The molecule has 0 unspecified atom stereocenters. The van der Waals surface area contributed by atoms with E-state index in [0.29, 0.717) is 6.42 Å². The van der Waals surface area contributed by atoms with Crippen LogP contribution in [0.5, 0.6) is 0 Å². The Morgan fingerprint density at radius 1 is 1.40 bits per heavy atom. The molecule has 84 valence electrons. The van der Waals surface area contributed by atoms with Crippen molar-refractivity contribution in [1.82, 2.24) is 15.2 Å². The number of hydrogen-bond donors (Lipinski definition) is 2. The minimum atomic E-state index is -0.739. The van der Waals surface area contributed by atoms with E-state index in [0.717, 1.165) is 37.3 Å². The van der Waals surface area contributed by atoms with E-state index in [1.165, 1.54) is 0 Å². The third kappa shape index (κ3) is 4.58. The van der Waals surface area contributed by atoms with E-state index in [1.54, 1.807) is 0 Å². The van der Waals surface area contributed by atoms with Crippen molar-refractivity contribution in [1.29, 1.82) is 0 Å². The fraction of sp³-hybridized carbons (Fsp3) is 0.700. The molecule has 0 bridgehead atoms. The molecule has 1 rings (SSSR count). The number of nitrogens with one attached hydrogen (secondary N) is 1. The quantitative estimate of drug-likeness (QED) is 0.671. The first-order valence-corrected chi connectivity index (χ1v) is 5.34. The summed E-state index contributed by atoms with van der Waals surface area (Å²) in [5.74, 6) is 0.978. The number of carboxylic acids is 1. The zero-order chi connectivity index (χ0) is 11.1. The van der Waals surface area contributed by atoms with E-state index in [4.69, 9.17) is 5.11 Å². The molecule has 5 heteroatoms. The molecule has 0 atom stereocenters. The first kappa shape index (κ1) is 11.7. The van der Waals surface area contributed by atoms with Crippen LogP contribution in [-0.2, 0) is 17.6 Å². The monoisotopic (exact) mass is 211 g/mol. The van der Waals surface area contributed by atoms with Gasteiger partial charge in [-0.25, -0.2) is 4.98 Å². The summed E-state index contributed by atoms with van der Waals surface area (Å²) in [6.07, 6.45) is 4.47. The normalized spacial score (nSPS) is 10.5. The molecular formula is C10H17N3O2. The third-order valence-electron chi connectivity index (χ3n) is 2.11. The van der Waals surface area contributed by atoms with Crippen molar-refractivity contribution >= 4 is 5.97 Å². The molecule has 5 nitrogen and oxygen atoms in total. The van der Waals surface area contributed by atoms with Crippen molar-refractivity contribution in [2.45, 2.75) is 45.4 Å². The Hall–Kier alpha value is -1.39. The molecule has 0 amide bonds. The lowest BCUT2D eigenvalue weighted by atomic mass is 10.2. The summed E-state index contributed by atoms with van der Waals surface area (Å²) < 4.78 is 0. The van der Waals surface area contributed by atoms with Crippen LogP contribution in [0.2, 0.25) is 0 Å². The molecule has 2 N–H and O–H groups in total. The van der Waals surface area contributed by atoms with Gasteiger partial charge < -0.3 is 5.11 Å². The zero-order valence-corrected chi connectivity index (χ0v) is 8.99. The molecule has 1 aromatic heterocycles. The molecule has 0 aromatic carbocycles. The number of aromatic amines is 1. The zero-order valence-electron chi connectivity index (χ0n) is 8.99. The lowest BCUT2D eigenvalue weighted by Crippen LogP contribution is -1.95. The van der Waals surface area contributed by atoms with E-state index in [9.17, 15) is 4.79 Å². The van der Waals surface area contributed by atoms with E-state index in [-0.39, 0.29) is 6.42 Å². The van der Waals surface area contributed by atoms with Crippen LogP contribution in [0.3, 0.4) is 0 Å². The van der Waals surface area contributed by atoms with Gasteiger partial charge in [-0.05, 0) is 19.3 Å². The highest BCUT2D eigenvalue weighted by molar-refractivity contribution is 5.66. The fourth-order valence-corrected chi connectivity index (χ4v) is 1.35. The van der Waals surface area contributed by atoms with Gasteiger partial charge in [0, 0.05) is 19.3 Å². The van der Waals surface area contributed by atoms with Crippen LogP contribution >= 0.6 is 0 Å². The van der Waals surface area contributed by atoms with Crippen molar-refractivity contribution in [3.63, 3.8) is 0 Å². The van der Waals surface area contributed by atoms with E-state index >= 15 is 0 Å². The second-order valence-corrected chi connectivity index (χ2v) is 3.55. The number of aromatic nitrogens is 3. The predicted octanol–water partition coefficient (Wildman–Crippen LogP) is 1.55. The number of hydrogen-bond acceptors (Lipinski definition) is 3. The highest BCUT2D eigenvalue weighted by atomic mass is 16.4. The summed E-state index contributed by atoms with van der Waals surface area (Å²) in [6, 6.07) is 0. The fourth-order valence-electron chi connectivity index (χ4n) is 1.35. The van der Waals surface area contributed by atoms with Gasteiger partial charge in [-0.3, -0.25) is 9.89 Å². The van der Waals surface area contributed by atoms with E-state index in [2.05, 4.69) is 22.1 Å². The van der Waals surface area contributed by atoms with E-state index < -0.39 is 5.97 Å². The molecular weight excluding hydrogens is 194 g/mol. The summed E-state index contributed by atoms with van der Waals surface area (Å²) in [7, 11) is 0. The number of rotatable bonds is 7. The van der Waals surface area contributed by atoms with Gasteiger partial charge in [0.2, 0.25) is 0 Å². The largest absolute Gasteiger partial charge is 0.481 e. The summed E-state index contributed by atoms with van der Waals surface area (Å²) in [5, 5.41) is 15.4. The number of aliphatic carboxylic acids is 1. The van der Waals surface area contributed by atoms with Crippen LogP contribution in [-0.4, -0.2) is 26.3 Å². The average Bonchev–Trinajstić information content (AvgIpc) is 2.61. The molecule has 0 aliphatic carbocycles. The highest BCUT2D eigenvalue weighted by Gasteiger charge is 2.03. The van der Waals surface area contributed by atoms with Crippen molar-refractivity contribution in [3.05, 3.63) is 11.6 Å². The van der Waals surface area contributed by atoms with E-state index in [1.807, 2.05) is 0 Å². The summed E-state index contributed by atoms with van der Waals surface area (Å²) in [5.41, 5.74) is 0. The van der Waals surface area contributed by atoms with Crippen LogP contribution in [0, 0.1) is 0 Å². The smallest absolute Gasteiger partial charge is 0.303 e. The Kier molecular flexibility index (Phi) is 4.80. The standard InChI is InChI=1S/C10H17N3O2/c1-2-5-8-11-9(13-12-8)6-3-4-7-10(14)15/h2-7H2,1H3,(H,14,15)(H,11,12,13). The minimum absolute atomic E-state index is 0.228. The van der Waals surface area contributed by atoms with Crippen molar-refractivity contribution < 1.29 is 9.90 Å². The van der Waals surface area contributed by atoms with Crippen molar-refractivity contribution in [3.8, 4) is 0 Å². The van der Waals surface area contributed by atoms with Gasteiger partial charge >= 0.3 is 5.97 Å². The Bertz CT molecular complexity index is 309. The molecule has 0 saturated heterocycles. The highest BCUT2D eigenvalue weighted by Crippen LogP contribution is 2.03. The molecule has 0 radical (unpaired) electrons. The van der Waals surface area contributed by atoms with Crippen LogP contribution in [0.25, 0.3) is 0 Å². The molecule has 0 spiro atoms. The maximum Gasteiger partial charge on any atom is 0.303 e. The van der Waals surface area contributed by atoms with Gasteiger partial charge in [-0.1, -0.05) is 6.92 Å². The third-order valence-corrected chi connectivity index (χ3v) is 2.11. The first-order valence-electron chi connectivity index (χ1n) is 5.34. The molecule has 0 aliphatic rings. The molecule has 0 saturated carbocycles. The first-order chi connectivity index (χ1) is 7.22. The van der Waals surface area contributed by atoms with Crippen molar-refractivity contribution in [2.75, 3.05) is 0 Å². The maximum absolute atomic E-state index is 10.3. The number of H-pyrrole nitrogens is 1. The lowest BCUT2D eigenvalue weighted by Gasteiger charge is -1.93. The molecule has 0 fully saturated rings. The Morgan fingerprint density at radius 3 is 2.87 bits per heavy atom. The van der Waals surface area contributed by atoms with Crippen LogP contribution in [0.4, 0.5) is 0 Å². The molecule has 1 heterocycles. The van der Waals surface area contributed by atoms with Gasteiger partial charge in [-0.2, -0.15) is 5.10 Å². The number of aryl methyl sites for hydroxylation is 2. The van der Waals surface area contributed by atoms with Gasteiger partial charge in [0.1, 0.15) is 5.82 Å². The van der Waals surface area contributed by atoms with Gasteiger partial charge in [0.05, 0.1) is 0 Å². The number of unbranched alkanes of at least 4 members (excludes halogenated alkanes) is 1. The number of nitrogens with zero attached hydrogens (tertiary/aromatic N) is 2. The Morgan fingerprint density at radius 2 is 2.20 bits per heavy atom. The number of carbonyl (C=O) groups is 1. The van der Waals surface area contributed by atoms with Gasteiger partial charge in [0.25, 0.3) is 0 Å². The minimum Gasteiger partial charge on any atom is -0.481 e. The van der Waals surface area contributed by atoms with Gasteiger partial charge in [0.15, 0.2) is 5.82 Å². The molecule has 0 aliphatic heterocycles. The van der Waals surface area contributed by atoms with Gasteiger partial charge in [-0.15, -0.1) is 0 Å². The predicted molar refractivity (Wildman–Crippen MR) is 55.6 cm³/mol. The second-order valence-electron chi connectivity index (χ2n) is 3.55. The summed E-state index contributed by atoms with van der Waals surface area (Å²) >= 11 is 0. The molecule has 15 heavy (non-hydrogen) atoms. The maximum atomic E-state index is 10.3. The number of carboxylic acid groups (broad SMARTS) is 1. The van der Waals surface area contributed by atoms with Crippen LogP contribution in [0.1, 0.15) is 44.3 Å². The van der Waals surface area contributed by atoms with Crippen LogP contribution < -0.4 is 0 Å². The topological polar surface area (TPSA) is 78.9 Å². The summed E-state index contributed by atoms with van der Waals surface area (Å²) in [6.45, 7) is 2.09. The molecule has 1 aromatic rings. The lowest BCUT2D eigenvalue weighted by molar-refractivity contribution is -0.137. The van der Waals surface area contributed by atoms with Crippen LogP contribution in [0.15, 0.2) is 0 Å². The SMILES string of the molecule is CCCc1nc(CCCCC(=O)O)n[nH]1.